The van der Waals surface area contributed by atoms with E-state index in [1.807, 2.05) is 18.2 Å². The van der Waals surface area contributed by atoms with E-state index in [-0.39, 0.29) is 0 Å². The normalized spacial score (nSPS) is 11.7. The van der Waals surface area contributed by atoms with Crippen molar-refractivity contribution < 1.29 is 30.3 Å². The van der Waals surface area contributed by atoms with Gasteiger partial charge >= 0.3 is 15.6 Å². The molecule has 0 aromatic heterocycles. The summed E-state index contributed by atoms with van der Waals surface area (Å²) in [5.74, 6) is 0. The lowest BCUT2D eigenvalue weighted by atomic mass is 10.4. The number of hydrogen-bond acceptors (Lipinski definition) is 4. The maximum absolute atomic E-state index is 10.7. The highest BCUT2D eigenvalue weighted by Gasteiger charge is 2.44. The molecule has 4 nitrogen and oxygen atoms in total. The van der Waals surface area contributed by atoms with Gasteiger partial charge in [0.15, 0.2) is 0 Å². The second kappa shape index (κ2) is 9.22. The van der Waals surface area contributed by atoms with Crippen LogP contribution in [0.2, 0.25) is 0 Å². The van der Waals surface area contributed by atoms with Crippen LogP contribution in [0.3, 0.4) is 0 Å². The van der Waals surface area contributed by atoms with Crippen molar-refractivity contribution >= 4 is 22.2 Å². The highest BCUT2D eigenvalue weighted by Crippen LogP contribution is 2.20. The van der Waals surface area contributed by atoms with Crippen molar-refractivity contribution in [3.05, 3.63) is 30.3 Å². The zero-order valence-electron chi connectivity index (χ0n) is 10.6. The molecule has 0 aliphatic carbocycles. The topological polar surface area (TPSA) is 63.6 Å². The molecular formula is C11H15F3O4S2. The Kier molecular flexibility index (Phi) is 8.86. The number of unbranched alkanes of at least 4 members (excludes halogenated alkanes) is 1. The van der Waals surface area contributed by atoms with Gasteiger partial charge < -0.3 is 4.18 Å². The van der Waals surface area contributed by atoms with Crippen LogP contribution >= 0.6 is 12.0 Å². The second-order valence-corrected chi connectivity index (χ2v) is 5.78. The van der Waals surface area contributed by atoms with Crippen LogP contribution < -0.4 is 0 Å². The Morgan fingerprint density at radius 2 is 1.75 bits per heavy atom. The van der Waals surface area contributed by atoms with Gasteiger partial charge in [-0.2, -0.15) is 21.6 Å². The van der Waals surface area contributed by atoms with E-state index in [0.29, 0.717) is 0 Å². The maximum Gasteiger partial charge on any atom is 0.522 e. The van der Waals surface area contributed by atoms with Crippen LogP contribution in [0, 0.1) is 0 Å². The molecule has 0 aliphatic heterocycles. The predicted octanol–water partition coefficient (Wildman–Crippen LogP) is 3.90. The molecule has 0 aliphatic rings. The average molecular weight is 332 g/mol. The summed E-state index contributed by atoms with van der Waals surface area (Å²) < 4.78 is 62.9. The van der Waals surface area contributed by atoms with E-state index in [9.17, 15) is 13.2 Å². The summed E-state index contributed by atoms with van der Waals surface area (Å²) in [6, 6.07) is 10.2. The lowest BCUT2D eigenvalue weighted by Crippen LogP contribution is -2.21. The largest absolute Gasteiger partial charge is 0.522 e. The Hall–Kier alpha value is -0.770. The number of rotatable bonds is 5. The van der Waals surface area contributed by atoms with Crippen molar-refractivity contribution in [1.82, 2.24) is 0 Å². The number of benzene rings is 1. The van der Waals surface area contributed by atoms with Gasteiger partial charge in [-0.25, -0.2) is 0 Å². The first-order valence-electron chi connectivity index (χ1n) is 5.56. The quantitative estimate of drug-likeness (QED) is 0.383. The van der Waals surface area contributed by atoms with Crippen molar-refractivity contribution in [1.29, 1.82) is 0 Å². The number of hydrogen-bond donors (Lipinski definition) is 1. The first-order chi connectivity index (χ1) is 9.18. The third kappa shape index (κ3) is 9.18. The SMILES string of the molecule is CCCCOSc1ccccc1.O=S(=O)(O)C(F)(F)F. The maximum atomic E-state index is 10.7. The van der Waals surface area contributed by atoms with Crippen LogP contribution in [0.15, 0.2) is 35.2 Å². The molecule has 0 radical (unpaired) electrons. The average Bonchev–Trinajstić information content (AvgIpc) is 2.34. The zero-order chi connectivity index (χ0) is 15.6. The van der Waals surface area contributed by atoms with Crippen LogP contribution in [-0.2, 0) is 14.3 Å². The molecule has 116 valence electrons. The van der Waals surface area contributed by atoms with E-state index >= 15 is 0 Å². The molecule has 0 saturated carbocycles. The van der Waals surface area contributed by atoms with Crippen molar-refractivity contribution in [2.75, 3.05) is 6.61 Å². The molecule has 0 bridgehead atoms. The second-order valence-electron chi connectivity index (χ2n) is 3.49. The molecule has 1 aromatic carbocycles. The molecular weight excluding hydrogens is 317 g/mol. The molecule has 20 heavy (non-hydrogen) atoms. The molecule has 0 spiro atoms. The van der Waals surface area contributed by atoms with Crippen molar-refractivity contribution in [2.45, 2.75) is 30.2 Å². The van der Waals surface area contributed by atoms with Crippen LogP contribution in [-0.4, -0.2) is 25.1 Å². The van der Waals surface area contributed by atoms with E-state index in [0.717, 1.165) is 13.0 Å². The summed E-state index contributed by atoms with van der Waals surface area (Å²) in [5, 5.41) is 0. The summed E-state index contributed by atoms with van der Waals surface area (Å²) in [6.07, 6.45) is 2.33. The lowest BCUT2D eigenvalue weighted by molar-refractivity contribution is -0.0510. The summed E-state index contributed by atoms with van der Waals surface area (Å²) in [7, 11) is -5.84. The predicted molar refractivity (Wildman–Crippen MR) is 70.8 cm³/mol. The molecule has 1 N–H and O–H groups in total. The molecule has 1 aromatic rings. The summed E-state index contributed by atoms with van der Waals surface area (Å²) in [4.78, 5) is 1.17. The molecule has 9 heteroatoms. The first kappa shape index (κ1) is 19.2. The van der Waals surface area contributed by atoms with Gasteiger partial charge in [0.2, 0.25) is 0 Å². The fraction of sp³-hybridized carbons (Fsp3) is 0.455. The highest BCUT2D eigenvalue weighted by molar-refractivity contribution is 7.94. The van der Waals surface area contributed by atoms with Crippen LogP contribution in [0.5, 0.6) is 0 Å². The lowest BCUT2D eigenvalue weighted by Gasteiger charge is -2.00. The summed E-state index contributed by atoms with van der Waals surface area (Å²) in [5.41, 5.74) is -5.53. The Bertz CT molecular complexity index is 460. The Balaban J connectivity index is 0.000000396. The number of halogens is 3. The van der Waals surface area contributed by atoms with E-state index in [2.05, 4.69) is 19.1 Å². The van der Waals surface area contributed by atoms with E-state index in [4.69, 9.17) is 17.2 Å². The third-order valence-corrected chi connectivity index (χ3v) is 3.11. The standard InChI is InChI=1S/C10H14OS.CHF3O3S/c1-2-3-9-11-12-10-7-5-4-6-8-10;2-1(3,4)8(5,6)7/h4-8H,2-3,9H2,1H3;(H,5,6,7). The fourth-order valence-corrected chi connectivity index (χ4v) is 1.39. The Labute approximate surface area is 120 Å². The van der Waals surface area contributed by atoms with Crippen LogP contribution in [0.1, 0.15) is 19.8 Å². The first-order valence-corrected chi connectivity index (χ1v) is 7.75. The van der Waals surface area contributed by atoms with Gasteiger partial charge in [0.25, 0.3) is 0 Å². The Morgan fingerprint density at radius 3 is 2.15 bits per heavy atom. The van der Waals surface area contributed by atoms with E-state index in [1.54, 1.807) is 0 Å². The molecule has 0 unspecified atom stereocenters. The van der Waals surface area contributed by atoms with Gasteiger partial charge in [-0.3, -0.25) is 4.55 Å². The Morgan fingerprint density at radius 1 is 1.25 bits per heavy atom. The van der Waals surface area contributed by atoms with Crippen molar-refractivity contribution in [2.24, 2.45) is 0 Å². The minimum Gasteiger partial charge on any atom is -0.310 e. The smallest absolute Gasteiger partial charge is 0.310 e. The number of alkyl halides is 3. The van der Waals surface area contributed by atoms with Crippen LogP contribution in [0.25, 0.3) is 0 Å². The van der Waals surface area contributed by atoms with Gasteiger partial charge in [0.1, 0.15) is 0 Å². The summed E-state index contributed by atoms with van der Waals surface area (Å²) in [6.45, 7) is 3.01. The molecule has 0 atom stereocenters. The van der Waals surface area contributed by atoms with Crippen molar-refractivity contribution in [3.8, 4) is 0 Å². The van der Waals surface area contributed by atoms with Crippen LogP contribution in [0.4, 0.5) is 13.2 Å². The summed E-state index contributed by atoms with van der Waals surface area (Å²) >= 11 is 1.46. The van der Waals surface area contributed by atoms with Gasteiger partial charge in [-0.1, -0.05) is 31.5 Å². The molecule has 0 heterocycles. The molecule has 0 saturated heterocycles. The van der Waals surface area contributed by atoms with Gasteiger partial charge in [0, 0.05) is 16.9 Å². The molecule has 0 amide bonds. The monoisotopic (exact) mass is 332 g/mol. The van der Waals surface area contributed by atoms with Gasteiger partial charge in [-0.15, -0.1) is 0 Å². The van der Waals surface area contributed by atoms with E-state index in [1.165, 1.54) is 23.4 Å². The fourth-order valence-electron chi connectivity index (χ4n) is 0.789. The highest BCUT2D eigenvalue weighted by atomic mass is 32.2. The minimum absolute atomic E-state index is 0.843. The van der Waals surface area contributed by atoms with E-state index < -0.39 is 15.6 Å². The third-order valence-electron chi connectivity index (χ3n) is 1.77. The van der Waals surface area contributed by atoms with Gasteiger partial charge in [-0.05, 0) is 18.6 Å². The zero-order valence-corrected chi connectivity index (χ0v) is 12.3. The van der Waals surface area contributed by atoms with Crippen molar-refractivity contribution in [3.63, 3.8) is 0 Å². The minimum atomic E-state index is -5.84. The molecule has 0 fully saturated rings. The van der Waals surface area contributed by atoms with Gasteiger partial charge in [0.05, 0.1) is 6.61 Å². The molecule has 1 rings (SSSR count).